The molecule has 2 amide bonds. The minimum absolute atomic E-state index is 0.0901. The van der Waals surface area contributed by atoms with E-state index in [1.807, 2.05) is 24.4 Å². The van der Waals surface area contributed by atoms with Gasteiger partial charge in [-0.15, -0.1) is 11.3 Å². The predicted octanol–water partition coefficient (Wildman–Crippen LogP) is 4.79. The maximum atomic E-state index is 12.0. The Morgan fingerprint density at radius 3 is 2.83 bits per heavy atom. The number of amides is 2. The van der Waals surface area contributed by atoms with Gasteiger partial charge in [0.25, 0.3) is 0 Å². The first kappa shape index (κ1) is 17.4. The van der Waals surface area contributed by atoms with E-state index < -0.39 is 0 Å². The Kier molecular flexibility index (Phi) is 3.77. The summed E-state index contributed by atoms with van der Waals surface area (Å²) < 4.78 is 1.06. The molecule has 2 atom stereocenters. The molecule has 2 aromatic heterocycles. The van der Waals surface area contributed by atoms with Gasteiger partial charge in [-0.1, -0.05) is 11.6 Å². The van der Waals surface area contributed by atoms with Crippen LogP contribution in [-0.2, 0) is 16.1 Å². The van der Waals surface area contributed by atoms with Crippen molar-refractivity contribution in [2.45, 2.75) is 31.7 Å². The number of carbonyl (C=O) groups is 2. The number of pyridine rings is 1. The van der Waals surface area contributed by atoms with Crippen LogP contribution in [0.25, 0.3) is 21.3 Å². The zero-order valence-corrected chi connectivity index (χ0v) is 17.1. The average molecular weight is 424 g/mol. The lowest BCUT2D eigenvalue weighted by molar-refractivity contribution is -0.138. The van der Waals surface area contributed by atoms with E-state index in [0.29, 0.717) is 25.3 Å². The van der Waals surface area contributed by atoms with Gasteiger partial charge in [0.05, 0.1) is 16.8 Å². The van der Waals surface area contributed by atoms with Gasteiger partial charge in [0.1, 0.15) is 0 Å². The average Bonchev–Trinajstić information content (AvgIpc) is 3.30. The van der Waals surface area contributed by atoms with Crippen molar-refractivity contribution in [2.75, 3.05) is 11.9 Å². The summed E-state index contributed by atoms with van der Waals surface area (Å²) in [4.78, 5) is 30.8. The molecule has 4 heterocycles. The van der Waals surface area contributed by atoms with E-state index in [4.69, 9.17) is 11.6 Å². The number of aromatic nitrogens is 1. The van der Waals surface area contributed by atoms with Crippen LogP contribution in [0.15, 0.2) is 30.5 Å². The largest absolute Gasteiger partial charge is 0.384 e. The zero-order valence-electron chi connectivity index (χ0n) is 15.6. The molecule has 1 aromatic carbocycles. The lowest BCUT2D eigenvalue weighted by Crippen LogP contribution is -2.27. The maximum Gasteiger partial charge on any atom is 0.230 e. The number of carbonyl (C=O) groups excluding carboxylic acids is 2. The van der Waals surface area contributed by atoms with Crippen LogP contribution in [-0.4, -0.2) is 28.2 Å². The molecule has 0 radical (unpaired) electrons. The van der Waals surface area contributed by atoms with Crippen molar-refractivity contribution in [1.82, 2.24) is 9.88 Å². The zero-order chi connectivity index (χ0) is 19.7. The molecular formula is C22H18ClN3O2S. The van der Waals surface area contributed by atoms with Crippen molar-refractivity contribution in [2.24, 2.45) is 5.92 Å². The van der Waals surface area contributed by atoms with E-state index >= 15 is 0 Å². The van der Waals surface area contributed by atoms with Gasteiger partial charge >= 0.3 is 0 Å². The van der Waals surface area contributed by atoms with Crippen LogP contribution < -0.4 is 5.32 Å². The number of hydrogen-bond donors (Lipinski definition) is 1. The summed E-state index contributed by atoms with van der Waals surface area (Å²) in [6.07, 6.45) is 3.67. The summed E-state index contributed by atoms with van der Waals surface area (Å²) in [5.41, 5.74) is 5.58. The minimum atomic E-state index is -0.0901. The maximum absolute atomic E-state index is 12.0. The number of likely N-dealkylation sites (tertiary alicyclic amines) is 1. The first-order valence-electron chi connectivity index (χ1n) is 9.87. The number of thiophene rings is 1. The predicted molar refractivity (Wildman–Crippen MR) is 114 cm³/mol. The number of nitrogens with zero attached hydrogens (tertiary/aromatic N) is 2. The Hall–Kier alpha value is -2.44. The molecule has 1 saturated carbocycles. The lowest BCUT2D eigenvalue weighted by Gasteiger charge is -2.22. The molecule has 0 bridgehead atoms. The first-order chi connectivity index (χ1) is 14.1. The molecule has 29 heavy (non-hydrogen) atoms. The van der Waals surface area contributed by atoms with E-state index in [1.54, 1.807) is 11.3 Å². The Balaban J connectivity index is 1.45. The molecule has 2 aliphatic heterocycles. The van der Waals surface area contributed by atoms with Gasteiger partial charge in [-0.3, -0.25) is 19.5 Å². The number of anilines is 1. The molecule has 6 rings (SSSR count). The van der Waals surface area contributed by atoms with Crippen LogP contribution in [0, 0.1) is 5.92 Å². The molecule has 0 spiro atoms. The molecule has 5 nitrogen and oxygen atoms in total. The summed E-state index contributed by atoms with van der Waals surface area (Å²) >= 11 is 8.09. The van der Waals surface area contributed by atoms with Crippen LogP contribution in [0.3, 0.4) is 0 Å². The normalized spacial score (nSPS) is 22.6. The SMILES string of the molecule is O=C1CCC(=O)N1Cc1cc2nccc(-c3cc(Cl)cc4c3NCC3CC43)c2s1. The molecule has 3 aromatic rings. The minimum Gasteiger partial charge on any atom is -0.384 e. The second-order valence-electron chi connectivity index (χ2n) is 8.06. The highest BCUT2D eigenvalue weighted by molar-refractivity contribution is 7.19. The van der Waals surface area contributed by atoms with E-state index in [9.17, 15) is 9.59 Å². The van der Waals surface area contributed by atoms with Gasteiger partial charge in [0.2, 0.25) is 11.8 Å². The van der Waals surface area contributed by atoms with Crippen LogP contribution >= 0.6 is 22.9 Å². The molecule has 1 aliphatic carbocycles. The van der Waals surface area contributed by atoms with Crippen LogP contribution in [0.5, 0.6) is 0 Å². The van der Waals surface area contributed by atoms with Gasteiger partial charge in [-0.2, -0.15) is 0 Å². The lowest BCUT2D eigenvalue weighted by atomic mass is 9.95. The fraction of sp³-hybridized carbons (Fsp3) is 0.318. The number of hydrogen-bond acceptors (Lipinski definition) is 5. The second-order valence-corrected chi connectivity index (χ2v) is 9.63. The quantitative estimate of drug-likeness (QED) is 0.615. The molecule has 1 N–H and O–H groups in total. The van der Waals surface area contributed by atoms with Crippen molar-refractivity contribution in [3.05, 3.63) is 45.9 Å². The number of fused-ring (bicyclic) bond motifs is 4. The standard InChI is InChI=1S/C22H18ClN3O2S/c23-12-6-16(21-17(7-12)15-5-11(15)9-25-21)14-3-4-24-18-8-13(29-22(14)18)10-26-19(27)1-2-20(26)28/h3-4,6-8,11,15,25H,1-2,5,9-10H2. The van der Waals surface area contributed by atoms with Gasteiger partial charge < -0.3 is 5.32 Å². The van der Waals surface area contributed by atoms with Crippen molar-refractivity contribution in [3.8, 4) is 11.1 Å². The van der Waals surface area contributed by atoms with Gasteiger partial charge in [-0.05, 0) is 48.1 Å². The number of imide groups is 1. The third-order valence-electron chi connectivity index (χ3n) is 6.22. The molecule has 3 aliphatic rings. The van der Waals surface area contributed by atoms with E-state index in [1.165, 1.54) is 22.6 Å². The highest BCUT2D eigenvalue weighted by atomic mass is 35.5. The molecule has 2 fully saturated rings. The Labute approximate surface area is 176 Å². The van der Waals surface area contributed by atoms with Crippen molar-refractivity contribution >= 4 is 50.7 Å². The monoisotopic (exact) mass is 423 g/mol. The van der Waals surface area contributed by atoms with E-state index in [-0.39, 0.29) is 11.8 Å². The molecular weight excluding hydrogens is 406 g/mol. The Bertz CT molecular complexity index is 1190. The fourth-order valence-electron chi connectivity index (χ4n) is 4.65. The third kappa shape index (κ3) is 2.77. The smallest absolute Gasteiger partial charge is 0.230 e. The fourth-order valence-corrected chi connectivity index (χ4v) is 6.01. The van der Waals surface area contributed by atoms with Crippen molar-refractivity contribution in [3.63, 3.8) is 0 Å². The Morgan fingerprint density at radius 1 is 1.17 bits per heavy atom. The van der Waals surface area contributed by atoms with Gasteiger partial charge in [0.15, 0.2) is 0 Å². The summed E-state index contributed by atoms with van der Waals surface area (Å²) in [5, 5.41) is 4.37. The number of nitrogens with one attached hydrogen (secondary N) is 1. The van der Waals surface area contributed by atoms with Crippen LogP contribution in [0.1, 0.15) is 35.6 Å². The molecule has 2 unspecified atom stereocenters. The summed E-state index contributed by atoms with van der Waals surface area (Å²) in [6.45, 7) is 1.34. The molecule has 7 heteroatoms. The number of rotatable bonds is 3. The summed E-state index contributed by atoms with van der Waals surface area (Å²) in [6, 6.07) is 8.14. The highest BCUT2D eigenvalue weighted by Crippen LogP contribution is 2.55. The van der Waals surface area contributed by atoms with Crippen molar-refractivity contribution in [1.29, 1.82) is 0 Å². The van der Waals surface area contributed by atoms with Gasteiger partial charge in [-0.25, -0.2) is 0 Å². The van der Waals surface area contributed by atoms with Crippen LogP contribution in [0.2, 0.25) is 5.02 Å². The third-order valence-corrected chi connectivity index (χ3v) is 7.58. The van der Waals surface area contributed by atoms with Crippen molar-refractivity contribution < 1.29 is 9.59 Å². The summed E-state index contributed by atoms with van der Waals surface area (Å²) in [7, 11) is 0. The van der Waals surface area contributed by atoms with E-state index in [2.05, 4.69) is 16.4 Å². The molecule has 1 saturated heterocycles. The summed E-state index contributed by atoms with van der Waals surface area (Å²) in [5.74, 6) is 1.17. The Morgan fingerprint density at radius 2 is 2.00 bits per heavy atom. The number of benzene rings is 1. The highest BCUT2D eigenvalue weighted by Gasteiger charge is 2.43. The first-order valence-corrected chi connectivity index (χ1v) is 11.1. The van der Waals surface area contributed by atoms with E-state index in [0.717, 1.165) is 43.7 Å². The second kappa shape index (κ2) is 6.28. The topological polar surface area (TPSA) is 62.3 Å². The molecule has 146 valence electrons. The number of halogens is 1. The van der Waals surface area contributed by atoms with Crippen LogP contribution in [0.4, 0.5) is 5.69 Å². The van der Waals surface area contributed by atoms with Gasteiger partial charge in [0, 0.05) is 52.3 Å².